The monoisotopic (exact) mass is 258 g/mol. The maximum atomic E-state index is 11.7. The molecule has 3 amide bonds. The lowest BCUT2D eigenvalue weighted by Crippen LogP contribution is -2.48. The van der Waals surface area contributed by atoms with E-state index in [1.807, 2.05) is 6.07 Å². The molecule has 0 spiro atoms. The van der Waals surface area contributed by atoms with Crippen LogP contribution in [-0.2, 0) is 4.79 Å². The van der Waals surface area contributed by atoms with Crippen molar-refractivity contribution < 1.29 is 9.59 Å². The van der Waals surface area contributed by atoms with E-state index in [2.05, 4.69) is 16.0 Å². The molecule has 2 rings (SSSR count). The highest BCUT2D eigenvalue weighted by Crippen LogP contribution is 2.09. The predicted octanol–water partition coefficient (Wildman–Crippen LogP) is 0.958. The van der Waals surface area contributed by atoms with Gasteiger partial charge in [-0.15, -0.1) is 0 Å². The van der Waals surface area contributed by atoms with Gasteiger partial charge in [0.2, 0.25) is 5.91 Å². The van der Waals surface area contributed by atoms with E-state index in [1.54, 1.807) is 24.3 Å². The Morgan fingerprint density at radius 2 is 2.11 bits per heavy atom. The molecule has 1 aliphatic rings. The fourth-order valence-electron chi connectivity index (χ4n) is 1.84. The molecule has 19 heavy (non-hydrogen) atoms. The van der Waals surface area contributed by atoms with Crippen molar-refractivity contribution in [2.75, 3.05) is 11.9 Å². The molecule has 6 heteroatoms. The summed E-state index contributed by atoms with van der Waals surface area (Å²) in [4.78, 5) is 22.7. The zero-order valence-electron chi connectivity index (χ0n) is 10.3. The van der Waals surface area contributed by atoms with Crippen LogP contribution in [-0.4, -0.2) is 24.5 Å². The Bertz CT molecular complexity index is 508. The van der Waals surface area contributed by atoms with Crippen molar-refractivity contribution in [2.45, 2.75) is 18.9 Å². The van der Waals surface area contributed by atoms with Crippen molar-refractivity contribution >= 4 is 17.6 Å². The van der Waals surface area contributed by atoms with Crippen LogP contribution in [0.1, 0.15) is 18.4 Å². The summed E-state index contributed by atoms with van der Waals surface area (Å²) in [5.41, 5.74) is 1.16. The maximum absolute atomic E-state index is 11.7. The lowest BCUT2D eigenvalue weighted by molar-refractivity contribution is -0.122. The third kappa shape index (κ3) is 3.71. The number of hydrogen-bond donors (Lipinski definition) is 3. The van der Waals surface area contributed by atoms with E-state index in [-0.39, 0.29) is 18.0 Å². The van der Waals surface area contributed by atoms with Gasteiger partial charge in [-0.1, -0.05) is 0 Å². The standard InChI is InChI=1S/C13H14N4O2/c14-7-9-1-3-10(4-2-9)16-13(19)17-11-5-6-12(18)15-8-11/h1-4,11H,5-6,8H2,(H,15,18)(H2,16,17,19)/t11-/m0/s1. The first-order valence-electron chi connectivity index (χ1n) is 6.02. The van der Waals surface area contributed by atoms with Gasteiger partial charge < -0.3 is 16.0 Å². The molecule has 0 aliphatic carbocycles. The molecule has 1 saturated heterocycles. The summed E-state index contributed by atoms with van der Waals surface area (Å²) in [6.45, 7) is 0.458. The van der Waals surface area contributed by atoms with Crippen molar-refractivity contribution in [2.24, 2.45) is 0 Å². The van der Waals surface area contributed by atoms with Crippen molar-refractivity contribution in [3.8, 4) is 6.07 Å². The summed E-state index contributed by atoms with van der Waals surface area (Å²) in [6.07, 6.45) is 1.08. The van der Waals surface area contributed by atoms with Gasteiger partial charge in [-0.2, -0.15) is 5.26 Å². The molecule has 1 aromatic rings. The summed E-state index contributed by atoms with van der Waals surface area (Å²) in [5.74, 6) is 0.0190. The lowest BCUT2D eigenvalue weighted by Gasteiger charge is -2.23. The molecule has 0 saturated carbocycles. The Hall–Kier alpha value is -2.55. The Morgan fingerprint density at radius 1 is 1.37 bits per heavy atom. The minimum Gasteiger partial charge on any atom is -0.354 e. The number of nitrogens with zero attached hydrogens (tertiary/aromatic N) is 1. The summed E-state index contributed by atoms with van der Waals surface area (Å²) in [6, 6.07) is 8.26. The first kappa shape index (κ1) is 12.9. The molecule has 1 heterocycles. The Kier molecular flexibility index (Phi) is 3.98. The van der Waals surface area contributed by atoms with Gasteiger partial charge in [0.15, 0.2) is 0 Å². The largest absolute Gasteiger partial charge is 0.354 e. The highest BCUT2D eigenvalue weighted by Gasteiger charge is 2.19. The lowest BCUT2D eigenvalue weighted by atomic mass is 10.1. The van der Waals surface area contributed by atoms with Crippen LogP contribution >= 0.6 is 0 Å². The van der Waals surface area contributed by atoms with Crippen LogP contribution in [0.25, 0.3) is 0 Å². The normalized spacial score (nSPS) is 18.1. The average molecular weight is 258 g/mol. The number of urea groups is 1. The van der Waals surface area contributed by atoms with Gasteiger partial charge in [-0.25, -0.2) is 4.79 Å². The van der Waals surface area contributed by atoms with Crippen LogP contribution in [0.5, 0.6) is 0 Å². The van der Waals surface area contributed by atoms with Crippen LogP contribution in [0.15, 0.2) is 24.3 Å². The van der Waals surface area contributed by atoms with Crippen molar-refractivity contribution in [1.29, 1.82) is 5.26 Å². The molecule has 98 valence electrons. The fraction of sp³-hybridized carbons (Fsp3) is 0.308. The Labute approximate surface area is 110 Å². The number of nitrogens with one attached hydrogen (secondary N) is 3. The van der Waals surface area contributed by atoms with E-state index in [1.165, 1.54) is 0 Å². The molecule has 0 radical (unpaired) electrons. The third-order valence-corrected chi connectivity index (χ3v) is 2.87. The number of anilines is 1. The Morgan fingerprint density at radius 3 is 2.68 bits per heavy atom. The Balaban J connectivity index is 1.83. The van der Waals surface area contributed by atoms with E-state index >= 15 is 0 Å². The molecule has 6 nitrogen and oxygen atoms in total. The van der Waals surface area contributed by atoms with Gasteiger partial charge in [-0.3, -0.25) is 4.79 Å². The molecular formula is C13H14N4O2. The van der Waals surface area contributed by atoms with Gasteiger partial charge in [-0.05, 0) is 30.7 Å². The first-order chi connectivity index (χ1) is 9.17. The van der Waals surface area contributed by atoms with Crippen LogP contribution in [0.4, 0.5) is 10.5 Å². The van der Waals surface area contributed by atoms with Crippen LogP contribution in [0.3, 0.4) is 0 Å². The van der Waals surface area contributed by atoms with Gasteiger partial charge in [0, 0.05) is 24.7 Å². The van der Waals surface area contributed by atoms with Gasteiger partial charge in [0.1, 0.15) is 0 Å². The van der Waals surface area contributed by atoms with Gasteiger partial charge >= 0.3 is 6.03 Å². The summed E-state index contributed by atoms with van der Waals surface area (Å²) in [7, 11) is 0. The fourth-order valence-corrected chi connectivity index (χ4v) is 1.84. The second-order valence-electron chi connectivity index (χ2n) is 4.33. The van der Waals surface area contributed by atoms with Crippen molar-refractivity contribution in [3.05, 3.63) is 29.8 Å². The maximum Gasteiger partial charge on any atom is 0.319 e. The van der Waals surface area contributed by atoms with Gasteiger partial charge in [0.25, 0.3) is 0 Å². The number of rotatable bonds is 2. The molecule has 1 aromatic carbocycles. The zero-order chi connectivity index (χ0) is 13.7. The van der Waals surface area contributed by atoms with Crippen molar-refractivity contribution in [1.82, 2.24) is 10.6 Å². The molecular weight excluding hydrogens is 244 g/mol. The number of carbonyl (C=O) groups is 2. The molecule has 1 fully saturated rings. The summed E-state index contributed by atoms with van der Waals surface area (Å²) >= 11 is 0. The third-order valence-electron chi connectivity index (χ3n) is 2.87. The SMILES string of the molecule is N#Cc1ccc(NC(=O)N[C@H]2CCC(=O)NC2)cc1. The quantitative estimate of drug-likeness (QED) is 0.737. The molecule has 1 aliphatic heterocycles. The van der Waals surface area contributed by atoms with E-state index in [0.29, 0.717) is 30.6 Å². The van der Waals surface area contributed by atoms with E-state index in [9.17, 15) is 9.59 Å². The van der Waals surface area contributed by atoms with Crippen LogP contribution < -0.4 is 16.0 Å². The second-order valence-corrected chi connectivity index (χ2v) is 4.33. The smallest absolute Gasteiger partial charge is 0.319 e. The first-order valence-corrected chi connectivity index (χ1v) is 6.02. The second kappa shape index (κ2) is 5.87. The number of hydrogen-bond acceptors (Lipinski definition) is 3. The van der Waals surface area contributed by atoms with E-state index in [4.69, 9.17) is 5.26 Å². The van der Waals surface area contributed by atoms with E-state index in [0.717, 1.165) is 0 Å². The zero-order valence-corrected chi connectivity index (χ0v) is 10.3. The number of nitriles is 1. The highest BCUT2D eigenvalue weighted by atomic mass is 16.2. The minimum atomic E-state index is -0.314. The van der Waals surface area contributed by atoms with Gasteiger partial charge in [0.05, 0.1) is 11.6 Å². The topological polar surface area (TPSA) is 94.0 Å². The van der Waals surface area contributed by atoms with E-state index < -0.39 is 0 Å². The minimum absolute atomic E-state index is 0.0190. The summed E-state index contributed by atoms with van der Waals surface area (Å²) < 4.78 is 0. The molecule has 0 unspecified atom stereocenters. The van der Waals surface area contributed by atoms with Crippen LogP contribution in [0.2, 0.25) is 0 Å². The molecule has 3 N–H and O–H groups in total. The number of amides is 3. The number of benzene rings is 1. The summed E-state index contributed by atoms with van der Waals surface area (Å²) in [5, 5.41) is 16.8. The predicted molar refractivity (Wildman–Crippen MR) is 69.3 cm³/mol. The van der Waals surface area contributed by atoms with Crippen LogP contribution in [0, 0.1) is 11.3 Å². The highest BCUT2D eigenvalue weighted by molar-refractivity contribution is 5.89. The van der Waals surface area contributed by atoms with Crippen molar-refractivity contribution in [3.63, 3.8) is 0 Å². The molecule has 0 bridgehead atoms. The average Bonchev–Trinajstić information content (AvgIpc) is 2.42. The molecule has 1 atom stereocenters. The number of piperidine rings is 1. The number of carbonyl (C=O) groups excluding carboxylic acids is 2. The molecule has 0 aromatic heterocycles.